The van der Waals surface area contributed by atoms with Crippen molar-refractivity contribution in [1.29, 1.82) is 0 Å². The third-order valence-corrected chi connectivity index (χ3v) is 2.53. The topological polar surface area (TPSA) is 30.5 Å². The molecular weight excluding hydrogens is 190 g/mol. The van der Waals surface area contributed by atoms with Crippen LogP contribution >= 0.6 is 0 Å². The summed E-state index contributed by atoms with van der Waals surface area (Å²) in [5, 5.41) is 3.27. The predicted molar refractivity (Wildman–Crippen MR) is 59.7 cm³/mol. The van der Waals surface area contributed by atoms with E-state index in [1.165, 1.54) is 5.56 Å². The lowest BCUT2D eigenvalue weighted by molar-refractivity contribution is -0.128. The Morgan fingerprint density at radius 1 is 1.40 bits per heavy atom. The van der Waals surface area contributed by atoms with E-state index in [4.69, 9.17) is 9.47 Å². The molecule has 0 aromatic heterocycles. The van der Waals surface area contributed by atoms with Gasteiger partial charge in [-0.25, -0.2) is 0 Å². The zero-order chi connectivity index (χ0) is 10.9. The van der Waals surface area contributed by atoms with Crippen molar-refractivity contribution in [2.45, 2.75) is 32.8 Å². The van der Waals surface area contributed by atoms with Crippen LogP contribution in [0.25, 0.3) is 0 Å². The molecule has 1 aromatic rings. The van der Waals surface area contributed by atoms with E-state index >= 15 is 0 Å². The largest absolute Gasteiger partial charge is 0.335 e. The standard InChI is InChI=1S/C12H17NO2/c1-9-6-4-5-7-11(9)13-12(3)14-8-10(2)15-12/h4-7,10,13H,8H2,1-3H3. The molecule has 0 amide bonds. The highest BCUT2D eigenvalue weighted by Gasteiger charge is 2.35. The van der Waals surface area contributed by atoms with E-state index in [1.807, 2.05) is 32.0 Å². The fraction of sp³-hybridized carbons (Fsp3) is 0.500. The molecule has 1 aliphatic heterocycles. The van der Waals surface area contributed by atoms with Crippen LogP contribution in [-0.4, -0.2) is 18.6 Å². The first kappa shape index (κ1) is 10.5. The quantitative estimate of drug-likeness (QED) is 0.808. The maximum Gasteiger partial charge on any atom is 0.246 e. The maximum atomic E-state index is 5.67. The molecule has 0 spiro atoms. The molecular formula is C12H17NO2. The van der Waals surface area contributed by atoms with E-state index in [2.05, 4.69) is 18.3 Å². The number of ether oxygens (including phenoxy) is 2. The Labute approximate surface area is 90.4 Å². The number of aryl methyl sites for hydroxylation is 1. The third-order valence-electron chi connectivity index (χ3n) is 2.53. The summed E-state index contributed by atoms with van der Waals surface area (Å²) in [4.78, 5) is 0. The third kappa shape index (κ3) is 2.30. The van der Waals surface area contributed by atoms with Crippen molar-refractivity contribution in [2.24, 2.45) is 0 Å². The van der Waals surface area contributed by atoms with Gasteiger partial charge in [0.1, 0.15) is 0 Å². The van der Waals surface area contributed by atoms with Crippen molar-refractivity contribution < 1.29 is 9.47 Å². The van der Waals surface area contributed by atoms with Crippen LogP contribution in [0, 0.1) is 6.92 Å². The van der Waals surface area contributed by atoms with Gasteiger partial charge < -0.3 is 14.8 Å². The first-order valence-electron chi connectivity index (χ1n) is 5.25. The van der Waals surface area contributed by atoms with Gasteiger partial charge in [-0.05, 0) is 25.5 Å². The average Bonchev–Trinajstić information content (AvgIpc) is 2.51. The van der Waals surface area contributed by atoms with Crippen LogP contribution in [0.2, 0.25) is 0 Å². The second-order valence-corrected chi connectivity index (χ2v) is 4.13. The lowest BCUT2D eigenvalue weighted by Gasteiger charge is -2.26. The summed E-state index contributed by atoms with van der Waals surface area (Å²) in [6.45, 7) is 6.60. The highest BCUT2D eigenvalue weighted by molar-refractivity contribution is 5.51. The molecule has 1 heterocycles. The van der Waals surface area contributed by atoms with Crippen molar-refractivity contribution in [2.75, 3.05) is 11.9 Å². The minimum atomic E-state index is -0.689. The molecule has 3 heteroatoms. The fourth-order valence-corrected chi connectivity index (χ4v) is 1.75. The molecule has 1 aliphatic rings. The summed E-state index contributed by atoms with van der Waals surface area (Å²) in [5.41, 5.74) is 2.24. The van der Waals surface area contributed by atoms with Crippen molar-refractivity contribution in [1.82, 2.24) is 0 Å². The molecule has 2 rings (SSSR count). The number of hydrogen-bond donors (Lipinski definition) is 1. The first-order chi connectivity index (χ1) is 7.09. The first-order valence-corrected chi connectivity index (χ1v) is 5.25. The zero-order valence-electron chi connectivity index (χ0n) is 9.41. The monoisotopic (exact) mass is 207 g/mol. The van der Waals surface area contributed by atoms with Gasteiger partial charge in [0, 0.05) is 12.6 Å². The fourth-order valence-electron chi connectivity index (χ4n) is 1.75. The number of benzene rings is 1. The van der Waals surface area contributed by atoms with Crippen LogP contribution in [0.4, 0.5) is 5.69 Å². The van der Waals surface area contributed by atoms with E-state index in [9.17, 15) is 0 Å². The summed E-state index contributed by atoms with van der Waals surface area (Å²) in [6, 6.07) is 8.10. The van der Waals surface area contributed by atoms with Crippen molar-refractivity contribution in [3.8, 4) is 0 Å². The van der Waals surface area contributed by atoms with Crippen LogP contribution in [-0.2, 0) is 9.47 Å². The van der Waals surface area contributed by atoms with Crippen molar-refractivity contribution in [3.05, 3.63) is 29.8 Å². The summed E-state index contributed by atoms with van der Waals surface area (Å²) in [7, 11) is 0. The molecule has 0 bridgehead atoms. The van der Waals surface area contributed by atoms with Gasteiger partial charge in [0.15, 0.2) is 0 Å². The van der Waals surface area contributed by atoms with E-state index in [0.717, 1.165) is 5.69 Å². The molecule has 2 unspecified atom stereocenters. The molecule has 3 nitrogen and oxygen atoms in total. The molecule has 2 atom stereocenters. The van der Waals surface area contributed by atoms with Gasteiger partial charge in [0.05, 0.1) is 12.7 Å². The summed E-state index contributed by atoms with van der Waals surface area (Å²) in [6.07, 6.45) is 0.145. The SMILES string of the molecule is Cc1ccccc1NC1(C)OCC(C)O1. The molecule has 0 aliphatic carbocycles. The van der Waals surface area contributed by atoms with E-state index in [0.29, 0.717) is 6.61 Å². The smallest absolute Gasteiger partial charge is 0.246 e. The number of anilines is 1. The molecule has 1 fully saturated rings. The minimum absolute atomic E-state index is 0.145. The van der Waals surface area contributed by atoms with Crippen molar-refractivity contribution in [3.63, 3.8) is 0 Å². The Morgan fingerprint density at radius 3 is 2.73 bits per heavy atom. The Hall–Kier alpha value is -1.06. The molecule has 1 saturated heterocycles. The van der Waals surface area contributed by atoms with Gasteiger partial charge in [-0.15, -0.1) is 0 Å². The highest BCUT2D eigenvalue weighted by atomic mass is 16.8. The minimum Gasteiger partial charge on any atom is -0.335 e. The van der Waals surface area contributed by atoms with Crippen LogP contribution in [0.5, 0.6) is 0 Å². The Balaban J connectivity index is 2.12. The Morgan fingerprint density at radius 2 is 2.13 bits per heavy atom. The van der Waals surface area contributed by atoms with E-state index < -0.39 is 5.91 Å². The number of hydrogen-bond acceptors (Lipinski definition) is 3. The van der Waals surface area contributed by atoms with Gasteiger partial charge in [-0.3, -0.25) is 0 Å². The average molecular weight is 207 g/mol. The van der Waals surface area contributed by atoms with E-state index in [1.54, 1.807) is 0 Å². The van der Waals surface area contributed by atoms with Gasteiger partial charge in [-0.1, -0.05) is 18.2 Å². The number of rotatable bonds is 2. The van der Waals surface area contributed by atoms with E-state index in [-0.39, 0.29) is 6.10 Å². The molecule has 0 saturated carbocycles. The Kier molecular flexibility index (Phi) is 2.67. The summed E-state index contributed by atoms with van der Waals surface area (Å²) in [5.74, 6) is -0.689. The van der Waals surface area contributed by atoms with Crippen LogP contribution in [0.1, 0.15) is 19.4 Å². The van der Waals surface area contributed by atoms with Crippen molar-refractivity contribution >= 4 is 5.69 Å². The second-order valence-electron chi connectivity index (χ2n) is 4.13. The summed E-state index contributed by atoms with van der Waals surface area (Å²) >= 11 is 0. The van der Waals surface area contributed by atoms with Crippen LogP contribution < -0.4 is 5.32 Å². The van der Waals surface area contributed by atoms with Crippen LogP contribution in [0.15, 0.2) is 24.3 Å². The number of para-hydroxylation sites is 1. The van der Waals surface area contributed by atoms with Gasteiger partial charge in [-0.2, -0.15) is 0 Å². The highest BCUT2D eigenvalue weighted by Crippen LogP contribution is 2.26. The molecule has 1 N–H and O–H groups in total. The van der Waals surface area contributed by atoms with Gasteiger partial charge in [0.2, 0.25) is 5.91 Å². The molecule has 1 aromatic carbocycles. The predicted octanol–water partition coefficient (Wildman–Crippen LogP) is 2.52. The molecule has 0 radical (unpaired) electrons. The van der Waals surface area contributed by atoms with Gasteiger partial charge >= 0.3 is 0 Å². The number of nitrogens with one attached hydrogen (secondary N) is 1. The van der Waals surface area contributed by atoms with Gasteiger partial charge in [0.25, 0.3) is 0 Å². The maximum absolute atomic E-state index is 5.67. The Bertz CT molecular complexity index is 353. The summed E-state index contributed by atoms with van der Waals surface area (Å²) < 4.78 is 11.3. The normalized spacial score (nSPS) is 30.5. The molecule has 82 valence electrons. The second kappa shape index (κ2) is 3.83. The molecule has 15 heavy (non-hydrogen) atoms. The zero-order valence-corrected chi connectivity index (χ0v) is 9.41. The van der Waals surface area contributed by atoms with Crippen LogP contribution in [0.3, 0.4) is 0 Å². The lowest BCUT2D eigenvalue weighted by Crippen LogP contribution is -2.36. The lowest BCUT2D eigenvalue weighted by atomic mass is 10.2.